The zero-order chi connectivity index (χ0) is 7.49. The summed E-state index contributed by atoms with van der Waals surface area (Å²) in [6.07, 6.45) is 1.59. The minimum atomic E-state index is -0.649. The van der Waals surface area contributed by atoms with E-state index in [-0.39, 0.29) is 0 Å². The Morgan fingerprint density at radius 1 is 1.44 bits per heavy atom. The van der Waals surface area contributed by atoms with Gasteiger partial charge in [-0.05, 0) is 33.6 Å². The first-order valence-corrected chi connectivity index (χ1v) is 3.15. The molecule has 1 radical (unpaired) electrons. The van der Waals surface area contributed by atoms with E-state index in [1.165, 1.54) is 0 Å². The highest BCUT2D eigenvalue weighted by Crippen LogP contribution is 2.14. The summed E-state index contributed by atoms with van der Waals surface area (Å²) in [5, 5.41) is 17.9. The largest absolute Gasteiger partial charge is 0.390 e. The molecular weight excluding hydrogens is 116 g/mol. The van der Waals surface area contributed by atoms with Crippen molar-refractivity contribution in [3.05, 3.63) is 6.10 Å². The van der Waals surface area contributed by atoms with Crippen LogP contribution in [0.2, 0.25) is 0 Å². The van der Waals surface area contributed by atoms with Gasteiger partial charge in [0.05, 0.1) is 11.7 Å². The Bertz CT molecular complexity index is 71.5. The highest BCUT2D eigenvalue weighted by atomic mass is 16.3. The minimum absolute atomic E-state index is 0.386. The molecule has 2 heteroatoms. The van der Waals surface area contributed by atoms with Crippen molar-refractivity contribution in [2.24, 2.45) is 0 Å². The fourth-order valence-corrected chi connectivity index (χ4v) is 0.487. The second-order valence-corrected chi connectivity index (χ2v) is 3.05. The van der Waals surface area contributed by atoms with Gasteiger partial charge in [0.1, 0.15) is 0 Å². The van der Waals surface area contributed by atoms with Crippen LogP contribution < -0.4 is 0 Å². The van der Waals surface area contributed by atoms with Crippen molar-refractivity contribution in [3.63, 3.8) is 0 Å². The molecule has 0 aliphatic carbocycles. The third kappa shape index (κ3) is 7.92. The van der Waals surface area contributed by atoms with Crippen molar-refractivity contribution >= 4 is 0 Å². The van der Waals surface area contributed by atoms with Crippen molar-refractivity contribution in [2.45, 2.75) is 39.2 Å². The summed E-state index contributed by atoms with van der Waals surface area (Å²) in [5.74, 6) is 0. The van der Waals surface area contributed by atoms with E-state index in [1.54, 1.807) is 20.8 Å². The summed E-state index contributed by atoms with van der Waals surface area (Å²) in [5.41, 5.74) is -0.649. The van der Waals surface area contributed by atoms with Gasteiger partial charge in [-0.25, -0.2) is 0 Å². The Hall–Kier alpha value is -0.0800. The van der Waals surface area contributed by atoms with Gasteiger partial charge in [0.25, 0.3) is 0 Å². The molecule has 0 spiro atoms. The molecule has 0 amide bonds. The summed E-state index contributed by atoms with van der Waals surface area (Å²) in [7, 11) is 0. The predicted molar refractivity (Wildman–Crippen MR) is 36.4 cm³/mol. The molecule has 0 heterocycles. The van der Waals surface area contributed by atoms with Crippen LogP contribution in [0.5, 0.6) is 0 Å². The molecule has 0 aromatic heterocycles. The van der Waals surface area contributed by atoms with Gasteiger partial charge in [0.2, 0.25) is 0 Å². The first-order valence-electron chi connectivity index (χ1n) is 3.15. The Morgan fingerprint density at radius 2 is 1.89 bits per heavy atom. The van der Waals surface area contributed by atoms with Crippen molar-refractivity contribution in [1.82, 2.24) is 0 Å². The SMILES string of the molecule is C[C](O)CCC(C)(C)O. The lowest BCUT2D eigenvalue weighted by atomic mass is 10.0. The van der Waals surface area contributed by atoms with E-state index in [9.17, 15) is 0 Å². The molecule has 9 heavy (non-hydrogen) atoms. The van der Waals surface area contributed by atoms with Crippen LogP contribution >= 0.6 is 0 Å². The monoisotopic (exact) mass is 131 g/mol. The quantitative estimate of drug-likeness (QED) is 0.608. The second-order valence-electron chi connectivity index (χ2n) is 3.05. The van der Waals surface area contributed by atoms with Gasteiger partial charge in [-0.1, -0.05) is 0 Å². The summed E-state index contributed by atoms with van der Waals surface area (Å²) >= 11 is 0. The molecule has 0 aliphatic rings. The standard InChI is InChI=1S/C7H15O2/c1-6(8)4-5-7(2,3)9/h8-9H,4-5H2,1-3H3. The molecule has 0 rings (SSSR count). The number of hydrogen-bond donors (Lipinski definition) is 2. The van der Waals surface area contributed by atoms with Crippen LogP contribution in [0.1, 0.15) is 33.6 Å². The molecule has 0 fully saturated rings. The fraction of sp³-hybridized carbons (Fsp3) is 0.857. The Labute approximate surface area is 56.5 Å². The minimum Gasteiger partial charge on any atom is -0.390 e. The van der Waals surface area contributed by atoms with Crippen LogP contribution in [0.25, 0.3) is 0 Å². The topological polar surface area (TPSA) is 40.5 Å². The summed E-state index contributed by atoms with van der Waals surface area (Å²) < 4.78 is 0. The molecule has 2 nitrogen and oxygen atoms in total. The van der Waals surface area contributed by atoms with Crippen LogP contribution in [0.15, 0.2) is 0 Å². The van der Waals surface area contributed by atoms with Crippen molar-refractivity contribution in [2.75, 3.05) is 0 Å². The maximum Gasteiger partial charge on any atom is 0.0903 e. The maximum absolute atomic E-state index is 9.14. The predicted octanol–water partition coefficient (Wildman–Crippen LogP) is 1.46. The smallest absolute Gasteiger partial charge is 0.0903 e. The lowest BCUT2D eigenvalue weighted by Crippen LogP contribution is -2.18. The summed E-state index contributed by atoms with van der Waals surface area (Å²) in [6, 6.07) is 0. The van der Waals surface area contributed by atoms with Crippen LogP contribution in [0, 0.1) is 6.10 Å². The van der Waals surface area contributed by atoms with E-state index in [0.717, 1.165) is 0 Å². The number of rotatable bonds is 3. The molecule has 0 unspecified atom stereocenters. The Balaban J connectivity index is 3.28. The fourth-order valence-electron chi connectivity index (χ4n) is 0.487. The lowest BCUT2D eigenvalue weighted by molar-refractivity contribution is 0.0638. The van der Waals surface area contributed by atoms with E-state index in [1.807, 2.05) is 0 Å². The van der Waals surface area contributed by atoms with Gasteiger partial charge in [-0.15, -0.1) is 0 Å². The Morgan fingerprint density at radius 3 is 2.00 bits per heavy atom. The zero-order valence-corrected chi connectivity index (χ0v) is 6.31. The van der Waals surface area contributed by atoms with Gasteiger partial charge in [-0.2, -0.15) is 0 Å². The second kappa shape index (κ2) is 3.18. The molecule has 0 aromatic rings. The van der Waals surface area contributed by atoms with Crippen LogP contribution in [-0.4, -0.2) is 15.8 Å². The molecule has 0 aliphatic heterocycles. The van der Waals surface area contributed by atoms with Gasteiger partial charge in [0.15, 0.2) is 0 Å². The zero-order valence-electron chi connectivity index (χ0n) is 6.31. The van der Waals surface area contributed by atoms with Gasteiger partial charge in [-0.3, -0.25) is 0 Å². The van der Waals surface area contributed by atoms with Crippen LogP contribution in [0.3, 0.4) is 0 Å². The average Bonchev–Trinajstić information content (AvgIpc) is 1.59. The highest BCUT2D eigenvalue weighted by molar-refractivity contribution is 4.74. The normalized spacial score (nSPS) is 12.7. The van der Waals surface area contributed by atoms with E-state index in [2.05, 4.69) is 0 Å². The third-order valence-corrected chi connectivity index (χ3v) is 1.10. The van der Waals surface area contributed by atoms with E-state index in [0.29, 0.717) is 18.9 Å². The number of aliphatic hydroxyl groups is 2. The Kier molecular flexibility index (Phi) is 3.15. The number of aliphatic hydroxyl groups excluding tert-OH is 1. The molecule has 0 aromatic carbocycles. The average molecular weight is 131 g/mol. The van der Waals surface area contributed by atoms with Crippen LogP contribution in [0.4, 0.5) is 0 Å². The molecule has 0 bridgehead atoms. The molecule has 0 atom stereocenters. The summed E-state index contributed by atoms with van der Waals surface area (Å²) in [4.78, 5) is 0. The van der Waals surface area contributed by atoms with Crippen molar-refractivity contribution in [1.29, 1.82) is 0 Å². The molecular formula is C7H15O2. The highest BCUT2D eigenvalue weighted by Gasteiger charge is 2.12. The van der Waals surface area contributed by atoms with E-state index < -0.39 is 5.60 Å². The molecule has 0 saturated heterocycles. The van der Waals surface area contributed by atoms with Gasteiger partial charge >= 0.3 is 0 Å². The third-order valence-electron chi connectivity index (χ3n) is 1.10. The number of hydrogen-bond acceptors (Lipinski definition) is 2. The lowest BCUT2D eigenvalue weighted by Gasteiger charge is -2.16. The van der Waals surface area contributed by atoms with E-state index in [4.69, 9.17) is 10.2 Å². The molecule has 2 N–H and O–H groups in total. The first-order chi connectivity index (χ1) is 3.92. The van der Waals surface area contributed by atoms with Crippen LogP contribution in [-0.2, 0) is 0 Å². The summed E-state index contributed by atoms with van der Waals surface area (Å²) in [6.45, 7) is 5.11. The molecule has 55 valence electrons. The first kappa shape index (κ1) is 8.92. The van der Waals surface area contributed by atoms with E-state index >= 15 is 0 Å². The molecule has 0 saturated carbocycles. The van der Waals surface area contributed by atoms with Crippen molar-refractivity contribution in [3.8, 4) is 0 Å². The van der Waals surface area contributed by atoms with Gasteiger partial charge in [0, 0.05) is 0 Å². The van der Waals surface area contributed by atoms with Crippen molar-refractivity contribution < 1.29 is 10.2 Å². The van der Waals surface area contributed by atoms with Gasteiger partial charge < -0.3 is 10.2 Å². The maximum atomic E-state index is 9.14.